The van der Waals surface area contributed by atoms with Gasteiger partial charge in [0, 0.05) is 13.0 Å². The maximum absolute atomic E-state index is 12.9. The summed E-state index contributed by atoms with van der Waals surface area (Å²) >= 11 is 0. The molecule has 320 valence electrons. The number of rotatable bonds is 9. The lowest BCUT2D eigenvalue weighted by molar-refractivity contribution is -0.388. The molecule has 3 heterocycles. The van der Waals surface area contributed by atoms with Gasteiger partial charge in [0.1, 0.15) is 66.8 Å². The maximum Gasteiger partial charge on any atom is 0.187 e. The van der Waals surface area contributed by atoms with Gasteiger partial charge >= 0.3 is 0 Å². The maximum atomic E-state index is 12.9. The fourth-order valence-corrected chi connectivity index (χ4v) is 11.9. The monoisotopic (exact) mass is 800 g/mol. The summed E-state index contributed by atoms with van der Waals surface area (Å²) in [5.74, 6) is 1.33. The second-order valence-corrected chi connectivity index (χ2v) is 18.2. The minimum absolute atomic E-state index is 0.0719. The van der Waals surface area contributed by atoms with Gasteiger partial charge in [0.05, 0.1) is 31.0 Å². The van der Waals surface area contributed by atoms with Crippen LogP contribution in [0, 0.1) is 34.5 Å². The Morgan fingerprint density at radius 3 is 1.95 bits per heavy atom. The van der Waals surface area contributed by atoms with Gasteiger partial charge < -0.3 is 74.0 Å². The molecule has 0 radical (unpaired) electrons. The highest BCUT2D eigenvalue weighted by atomic mass is 16.8. The van der Waals surface area contributed by atoms with Crippen LogP contribution in [0.2, 0.25) is 0 Å². The Kier molecular flexibility index (Phi) is 12.5. The summed E-state index contributed by atoms with van der Waals surface area (Å²) in [4.78, 5) is 12.9. The number of fused-ring (bicyclic) bond motifs is 5. The summed E-state index contributed by atoms with van der Waals surface area (Å²) in [5, 5.41) is 85.4. The van der Waals surface area contributed by atoms with Gasteiger partial charge in [0.2, 0.25) is 0 Å². The van der Waals surface area contributed by atoms with E-state index in [0.717, 1.165) is 32.1 Å². The molecule has 8 N–H and O–H groups in total. The van der Waals surface area contributed by atoms with Crippen molar-refractivity contribution in [1.82, 2.24) is 0 Å². The molecule has 56 heavy (non-hydrogen) atoms. The van der Waals surface area contributed by atoms with Gasteiger partial charge in [-0.1, -0.05) is 25.5 Å². The first-order valence-corrected chi connectivity index (χ1v) is 20.5. The zero-order chi connectivity index (χ0) is 40.6. The van der Waals surface area contributed by atoms with Crippen molar-refractivity contribution in [2.45, 2.75) is 184 Å². The fraction of sp³-hybridized carbons (Fsp3) is 0.925. The van der Waals surface area contributed by atoms with Crippen molar-refractivity contribution in [3.05, 3.63) is 11.6 Å². The minimum atomic E-state index is -1.72. The first-order chi connectivity index (χ1) is 26.4. The molecule has 7 aliphatic rings. The highest BCUT2D eigenvalue weighted by Gasteiger charge is 2.63. The summed E-state index contributed by atoms with van der Waals surface area (Å²) < 4.78 is 42.2. The number of Topliss-reactive ketones (excluding diaryl/α,β-unsaturated/α-hetero) is 1. The van der Waals surface area contributed by atoms with E-state index in [-0.39, 0.29) is 28.6 Å². The number of hydrogen-bond acceptors (Lipinski definition) is 16. The van der Waals surface area contributed by atoms with Crippen LogP contribution < -0.4 is 0 Å². The number of hydrogen-bond donors (Lipinski definition) is 8. The Morgan fingerprint density at radius 2 is 1.38 bits per heavy atom. The molecular weight excluding hydrogens is 736 g/mol. The van der Waals surface area contributed by atoms with Crippen LogP contribution in [0.15, 0.2) is 11.6 Å². The van der Waals surface area contributed by atoms with Gasteiger partial charge in [-0.25, -0.2) is 0 Å². The molecule has 16 heteroatoms. The van der Waals surface area contributed by atoms with Crippen LogP contribution in [0.5, 0.6) is 0 Å². The van der Waals surface area contributed by atoms with Crippen molar-refractivity contribution >= 4 is 5.78 Å². The van der Waals surface area contributed by atoms with Crippen molar-refractivity contribution in [1.29, 1.82) is 0 Å². The summed E-state index contributed by atoms with van der Waals surface area (Å²) in [5.41, 5.74) is 1.10. The zero-order valence-corrected chi connectivity index (χ0v) is 33.2. The number of methoxy groups -OCH3 is 1. The number of ether oxygens (including phenoxy) is 7. The van der Waals surface area contributed by atoms with Crippen LogP contribution in [0.3, 0.4) is 0 Å². The average Bonchev–Trinajstić information content (AvgIpc) is 3.49. The highest BCUT2D eigenvalue weighted by Crippen LogP contribution is 2.66. The van der Waals surface area contributed by atoms with Crippen LogP contribution in [0.4, 0.5) is 0 Å². The van der Waals surface area contributed by atoms with E-state index in [1.165, 1.54) is 19.4 Å². The molecule has 6 unspecified atom stereocenters. The first-order valence-electron chi connectivity index (χ1n) is 20.5. The van der Waals surface area contributed by atoms with Crippen molar-refractivity contribution in [3.63, 3.8) is 0 Å². The van der Waals surface area contributed by atoms with E-state index in [1.54, 1.807) is 14.0 Å². The van der Waals surface area contributed by atoms with Gasteiger partial charge in [-0.15, -0.1) is 0 Å². The molecule has 0 spiro atoms. The summed E-state index contributed by atoms with van der Waals surface area (Å²) in [7, 11) is 1.71. The number of ketones is 1. The molecule has 16 nitrogen and oxygen atoms in total. The number of aliphatic hydroxyl groups excluding tert-OH is 8. The Labute approximate surface area is 328 Å². The molecule has 3 saturated carbocycles. The van der Waals surface area contributed by atoms with Crippen molar-refractivity contribution in [3.8, 4) is 0 Å². The lowest BCUT2D eigenvalue weighted by Gasteiger charge is -2.58. The molecule has 4 aliphatic carbocycles. The smallest absolute Gasteiger partial charge is 0.187 e. The molecular formula is C40H64O16. The molecule has 23 atom stereocenters. The van der Waals surface area contributed by atoms with Crippen molar-refractivity contribution < 1.29 is 78.8 Å². The molecule has 7 rings (SSSR count). The summed E-state index contributed by atoms with van der Waals surface area (Å²) in [6, 6.07) is 0. The molecule has 3 aliphatic heterocycles. The topological polar surface area (TPSA) is 244 Å². The van der Waals surface area contributed by atoms with E-state index in [1.807, 2.05) is 0 Å². The van der Waals surface area contributed by atoms with Gasteiger partial charge in [0.25, 0.3) is 0 Å². The third-order valence-electron chi connectivity index (χ3n) is 15.1. The van der Waals surface area contributed by atoms with E-state index < -0.39 is 105 Å². The SMILES string of the molecule is CO[C@H]1C[C@H]2[C@@H]3CC=C4C[C@@H](O[C@@H]5OC(CO)[C@@H](O[C@@H]6OC(C)[C@H](O)C(O)[C@H]6O)[C@H](O)C5O[C@@H]5OC(C)[C@H](O)C(O)[C@@H]5O)CC[C@]4(C)[C@H]3CC[C@]2(C)[C@H]1C(C)=O. The number of aliphatic hydroxyl groups is 8. The zero-order valence-electron chi connectivity index (χ0n) is 33.2. The van der Waals surface area contributed by atoms with Gasteiger partial charge in [0.15, 0.2) is 18.9 Å². The average molecular weight is 801 g/mol. The third-order valence-corrected chi connectivity index (χ3v) is 15.1. The van der Waals surface area contributed by atoms with Crippen LogP contribution in [-0.4, -0.2) is 165 Å². The fourth-order valence-electron chi connectivity index (χ4n) is 11.9. The normalized spacial score (nSPS) is 54.8. The lowest BCUT2D eigenvalue weighted by Crippen LogP contribution is -2.66. The second kappa shape index (κ2) is 16.3. The molecule has 0 amide bonds. The number of allylic oxidation sites excluding steroid dienone is 1. The first kappa shape index (κ1) is 42.9. The van der Waals surface area contributed by atoms with Crippen molar-refractivity contribution in [2.75, 3.05) is 13.7 Å². The minimum Gasteiger partial charge on any atom is -0.394 e. The second-order valence-electron chi connectivity index (χ2n) is 18.2. The van der Waals surface area contributed by atoms with Gasteiger partial charge in [-0.05, 0) is 94.3 Å². The van der Waals surface area contributed by atoms with E-state index >= 15 is 0 Å². The predicted molar refractivity (Wildman–Crippen MR) is 193 cm³/mol. The molecule has 0 aromatic carbocycles. The van der Waals surface area contributed by atoms with E-state index in [2.05, 4.69) is 19.9 Å². The summed E-state index contributed by atoms with van der Waals surface area (Å²) in [6.07, 6.45) is -13.9. The number of carbonyl (C=O) groups excluding carboxylic acids is 1. The van der Waals surface area contributed by atoms with E-state index in [4.69, 9.17) is 33.2 Å². The van der Waals surface area contributed by atoms with E-state index in [0.29, 0.717) is 30.6 Å². The van der Waals surface area contributed by atoms with Crippen LogP contribution >= 0.6 is 0 Å². The van der Waals surface area contributed by atoms with Crippen LogP contribution in [-0.2, 0) is 38.0 Å². The van der Waals surface area contributed by atoms with Gasteiger partial charge in [-0.2, -0.15) is 0 Å². The van der Waals surface area contributed by atoms with Crippen molar-refractivity contribution in [2.24, 2.45) is 34.5 Å². The molecule has 0 bridgehead atoms. The third kappa shape index (κ3) is 7.25. The standard InChI is InChI=1S/C40H64O16/c1-16(42)26-24(50-6)14-23-21-8-7-19-13-20(9-11-39(19,4)22(21)10-12-40(23,26)5)53-38-35(56-37-32(48)30(46)28(44)18(3)52-37)33(49)34(25(15-41)54-38)55-36-31(47)29(45)27(43)17(2)51-36/h7,17-18,20-38,41,43-49H,8-15H2,1-6H3/t17?,18?,20-,21+,22-,23-,24-,25?,26-,27-,28-,29?,30?,31+,32-,33-,34+,35?,36-,37-,38+,39-,40-/m0/s1. The van der Waals surface area contributed by atoms with Crippen LogP contribution in [0.1, 0.15) is 79.6 Å². The Balaban J connectivity index is 1.11. The number of carbonyl (C=O) groups is 1. The predicted octanol–water partition coefficient (Wildman–Crippen LogP) is -0.332. The quantitative estimate of drug-likeness (QED) is 0.139. The summed E-state index contributed by atoms with van der Waals surface area (Å²) in [6.45, 7) is 8.64. The Morgan fingerprint density at radius 1 is 0.768 bits per heavy atom. The highest BCUT2D eigenvalue weighted by molar-refractivity contribution is 5.80. The Bertz CT molecular complexity index is 1430. The Hall–Kier alpha value is -1.19. The van der Waals surface area contributed by atoms with Crippen LogP contribution in [0.25, 0.3) is 0 Å². The van der Waals surface area contributed by atoms with E-state index in [9.17, 15) is 45.6 Å². The molecule has 0 aromatic rings. The van der Waals surface area contributed by atoms with Gasteiger partial charge in [-0.3, -0.25) is 4.79 Å². The largest absolute Gasteiger partial charge is 0.394 e. The lowest BCUT2D eigenvalue weighted by atomic mass is 9.47. The molecule has 3 saturated heterocycles. The molecule has 6 fully saturated rings. The molecule has 0 aromatic heterocycles.